The van der Waals surface area contributed by atoms with Crippen LogP contribution in [0.1, 0.15) is 38.8 Å². The molecule has 0 atom stereocenters. The highest BCUT2D eigenvalue weighted by Gasteiger charge is 2.07. The van der Waals surface area contributed by atoms with Gasteiger partial charge in [-0.25, -0.2) is 15.0 Å². The molecule has 3 aromatic rings. The zero-order chi connectivity index (χ0) is 24.5. The van der Waals surface area contributed by atoms with Gasteiger partial charge < -0.3 is 20.0 Å². The quantitative estimate of drug-likeness (QED) is 0.381. The number of phenols is 2. The van der Waals surface area contributed by atoms with E-state index in [1.165, 1.54) is 0 Å². The summed E-state index contributed by atoms with van der Waals surface area (Å²) in [6, 6.07) is 16.5. The molecule has 0 unspecified atom stereocenters. The van der Waals surface area contributed by atoms with Gasteiger partial charge in [0.2, 0.25) is 0 Å². The van der Waals surface area contributed by atoms with E-state index in [2.05, 4.69) is 52.5 Å². The van der Waals surface area contributed by atoms with Gasteiger partial charge in [-0.1, -0.05) is 6.07 Å². The molecule has 0 amide bonds. The molecule has 0 spiro atoms. The predicted octanol–water partition coefficient (Wildman–Crippen LogP) is 5.69. The second-order valence-corrected chi connectivity index (χ2v) is 7.70. The Labute approximate surface area is 201 Å². The highest BCUT2D eigenvalue weighted by Crippen LogP contribution is 2.26. The molecular formula is C27H33N5O2. The molecule has 7 nitrogen and oxygen atoms in total. The monoisotopic (exact) mass is 459 g/mol. The van der Waals surface area contributed by atoms with Crippen molar-refractivity contribution in [1.82, 2.24) is 4.98 Å². The van der Waals surface area contributed by atoms with Crippen LogP contribution in [0.3, 0.4) is 0 Å². The summed E-state index contributed by atoms with van der Waals surface area (Å²) in [5.74, 6) is 1.29. The molecule has 2 aromatic carbocycles. The topological polar surface area (TPSA) is 84.6 Å². The van der Waals surface area contributed by atoms with Gasteiger partial charge in [0.25, 0.3) is 0 Å². The molecule has 3 rings (SSSR count). The van der Waals surface area contributed by atoms with Gasteiger partial charge in [0.05, 0.1) is 0 Å². The first-order chi connectivity index (χ1) is 16.5. The zero-order valence-corrected chi connectivity index (χ0v) is 20.3. The van der Waals surface area contributed by atoms with E-state index in [0.717, 1.165) is 37.6 Å². The van der Waals surface area contributed by atoms with Crippen LogP contribution in [-0.2, 0) is 0 Å². The lowest BCUT2D eigenvalue weighted by atomic mass is 10.2. The Morgan fingerprint density at radius 3 is 1.44 bits per heavy atom. The molecule has 0 radical (unpaired) electrons. The smallest absolute Gasteiger partial charge is 0.154 e. The standard InChI is InChI=1S/C27H33N5O2/c1-5-31(6-2)22-14-12-20(24(33)16-22)18-28-26-10-9-11-27(30-26)29-19-21-13-15-23(17-25(21)34)32(7-3)8-4/h9-19,33-34H,5-8H2,1-4H3. The van der Waals surface area contributed by atoms with E-state index in [1.807, 2.05) is 30.3 Å². The van der Waals surface area contributed by atoms with E-state index in [4.69, 9.17) is 0 Å². The van der Waals surface area contributed by atoms with Crippen molar-refractivity contribution in [2.75, 3.05) is 36.0 Å². The van der Waals surface area contributed by atoms with Gasteiger partial charge in [0.15, 0.2) is 11.6 Å². The second-order valence-electron chi connectivity index (χ2n) is 7.70. The van der Waals surface area contributed by atoms with Crippen molar-refractivity contribution >= 4 is 35.4 Å². The third kappa shape index (κ3) is 6.13. The molecule has 0 aliphatic carbocycles. The van der Waals surface area contributed by atoms with E-state index in [-0.39, 0.29) is 11.5 Å². The number of phenolic OH excluding ortho intramolecular Hbond substituents is 2. The van der Waals surface area contributed by atoms with Crippen molar-refractivity contribution in [2.24, 2.45) is 9.98 Å². The Bertz CT molecular complexity index is 1060. The summed E-state index contributed by atoms with van der Waals surface area (Å²) in [4.78, 5) is 17.6. The van der Waals surface area contributed by atoms with Gasteiger partial charge in [-0.2, -0.15) is 0 Å². The lowest BCUT2D eigenvalue weighted by molar-refractivity contribution is 0.474. The lowest BCUT2D eigenvalue weighted by Gasteiger charge is -2.21. The molecular weight excluding hydrogens is 426 g/mol. The predicted molar refractivity (Wildman–Crippen MR) is 142 cm³/mol. The van der Waals surface area contributed by atoms with E-state index < -0.39 is 0 Å². The summed E-state index contributed by atoms with van der Waals surface area (Å²) >= 11 is 0. The average Bonchev–Trinajstić information content (AvgIpc) is 2.85. The van der Waals surface area contributed by atoms with Gasteiger partial charge in [-0.15, -0.1) is 0 Å². The van der Waals surface area contributed by atoms with Gasteiger partial charge in [0, 0.05) is 73.2 Å². The van der Waals surface area contributed by atoms with Crippen LogP contribution < -0.4 is 9.80 Å². The van der Waals surface area contributed by atoms with Crippen molar-refractivity contribution in [1.29, 1.82) is 0 Å². The Morgan fingerprint density at radius 1 is 0.676 bits per heavy atom. The Morgan fingerprint density at radius 2 is 1.09 bits per heavy atom. The van der Waals surface area contributed by atoms with Crippen LogP contribution >= 0.6 is 0 Å². The largest absolute Gasteiger partial charge is 0.507 e. The maximum Gasteiger partial charge on any atom is 0.154 e. The molecule has 1 heterocycles. The Hall–Kier alpha value is -3.87. The molecule has 0 bridgehead atoms. The van der Waals surface area contributed by atoms with Crippen molar-refractivity contribution in [2.45, 2.75) is 27.7 Å². The number of nitrogens with zero attached hydrogens (tertiary/aromatic N) is 5. The minimum atomic E-state index is 0.172. The molecule has 0 fully saturated rings. The van der Waals surface area contributed by atoms with Gasteiger partial charge >= 0.3 is 0 Å². The molecule has 7 heteroatoms. The summed E-state index contributed by atoms with van der Waals surface area (Å²) in [5, 5.41) is 20.8. The van der Waals surface area contributed by atoms with Gasteiger partial charge in [0.1, 0.15) is 11.5 Å². The van der Waals surface area contributed by atoms with E-state index in [1.54, 1.807) is 36.7 Å². The average molecular weight is 460 g/mol. The first kappa shape index (κ1) is 24.8. The van der Waals surface area contributed by atoms with Crippen molar-refractivity contribution < 1.29 is 10.2 Å². The number of hydrogen-bond acceptors (Lipinski definition) is 7. The van der Waals surface area contributed by atoms with E-state index >= 15 is 0 Å². The fourth-order valence-corrected chi connectivity index (χ4v) is 3.68. The second kappa shape index (κ2) is 11.8. The fourth-order valence-electron chi connectivity index (χ4n) is 3.68. The van der Waals surface area contributed by atoms with Crippen LogP contribution in [0.25, 0.3) is 0 Å². The first-order valence-electron chi connectivity index (χ1n) is 11.7. The molecule has 178 valence electrons. The summed E-state index contributed by atoms with van der Waals surface area (Å²) in [6.07, 6.45) is 3.18. The normalized spacial score (nSPS) is 11.4. The van der Waals surface area contributed by atoms with Crippen molar-refractivity contribution in [3.63, 3.8) is 0 Å². The number of aromatic hydroxyl groups is 2. The summed E-state index contributed by atoms with van der Waals surface area (Å²) in [5.41, 5.74) is 3.18. The number of anilines is 2. The van der Waals surface area contributed by atoms with Crippen LogP contribution in [0.15, 0.2) is 64.6 Å². The molecule has 0 aliphatic rings. The maximum absolute atomic E-state index is 10.4. The fraction of sp³-hybridized carbons (Fsp3) is 0.296. The van der Waals surface area contributed by atoms with Crippen molar-refractivity contribution in [3.05, 3.63) is 65.7 Å². The molecule has 0 saturated carbocycles. The van der Waals surface area contributed by atoms with Crippen LogP contribution in [0.5, 0.6) is 11.5 Å². The summed E-state index contributed by atoms with van der Waals surface area (Å²) < 4.78 is 0. The number of benzene rings is 2. The first-order valence-corrected chi connectivity index (χ1v) is 11.7. The summed E-state index contributed by atoms with van der Waals surface area (Å²) in [7, 11) is 0. The number of aliphatic imine (C=N–C) groups is 2. The molecule has 34 heavy (non-hydrogen) atoms. The highest BCUT2D eigenvalue weighted by atomic mass is 16.3. The third-order valence-corrected chi connectivity index (χ3v) is 5.68. The van der Waals surface area contributed by atoms with Crippen LogP contribution in [-0.4, -0.2) is 53.8 Å². The molecule has 0 aliphatic heterocycles. The van der Waals surface area contributed by atoms with E-state index in [0.29, 0.717) is 22.8 Å². The molecule has 0 saturated heterocycles. The summed E-state index contributed by atoms with van der Waals surface area (Å²) in [6.45, 7) is 11.8. The van der Waals surface area contributed by atoms with E-state index in [9.17, 15) is 10.2 Å². The number of hydrogen-bond donors (Lipinski definition) is 2. The van der Waals surface area contributed by atoms with Crippen molar-refractivity contribution in [3.8, 4) is 11.5 Å². The highest BCUT2D eigenvalue weighted by molar-refractivity contribution is 5.87. The number of pyridine rings is 1. The number of aromatic nitrogens is 1. The zero-order valence-electron chi connectivity index (χ0n) is 20.3. The lowest BCUT2D eigenvalue weighted by Crippen LogP contribution is -2.21. The van der Waals surface area contributed by atoms with Crippen LogP contribution in [0, 0.1) is 0 Å². The molecule has 2 N–H and O–H groups in total. The van der Waals surface area contributed by atoms with Crippen LogP contribution in [0.2, 0.25) is 0 Å². The van der Waals surface area contributed by atoms with Gasteiger partial charge in [-0.05, 0) is 64.1 Å². The van der Waals surface area contributed by atoms with Gasteiger partial charge in [-0.3, -0.25) is 0 Å². The third-order valence-electron chi connectivity index (χ3n) is 5.68. The Balaban J connectivity index is 1.74. The molecule has 1 aromatic heterocycles. The SMILES string of the molecule is CCN(CC)c1ccc(C=Nc2cccc(N=Cc3ccc(N(CC)CC)cc3O)n2)c(O)c1. The minimum Gasteiger partial charge on any atom is -0.507 e. The maximum atomic E-state index is 10.4. The Kier molecular flexibility index (Phi) is 8.62. The van der Waals surface area contributed by atoms with Crippen LogP contribution in [0.4, 0.5) is 23.0 Å². The number of rotatable bonds is 10. The minimum absolute atomic E-state index is 0.172.